The van der Waals surface area contributed by atoms with E-state index in [0.29, 0.717) is 12.8 Å². The van der Waals surface area contributed by atoms with Gasteiger partial charge in [-0.05, 0) is 48.6 Å². The summed E-state index contributed by atoms with van der Waals surface area (Å²) >= 11 is 0. The zero-order valence-electron chi connectivity index (χ0n) is 13.8. The van der Waals surface area contributed by atoms with E-state index in [2.05, 4.69) is 24.3 Å². The molecule has 1 aliphatic heterocycles. The van der Waals surface area contributed by atoms with Crippen molar-refractivity contribution in [3.05, 3.63) is 47.5 Å². The maximum Gasteiger partial charge on any atom is 0.154 e. The summed E-state index contributed by atoms with van der Waals surface area (Å²) in [7, 11) is 0. The molecule has 1 aromatic rings. The number of fused-ring (bicyclic) bond motifs is 2. The molecule has 0 amide bonds. The van der Waals surface area contributed by atoms with Crippen LogP contribution in [0, 0.1) is 17.8 Å². The number of hydrogen-bond donors (Lipinski definition) is 3. The smallest absolute Gasteiger partial charge is 0.154 e. The van der Waals surface area contributed by atoms with E-state index in [0.717, 1.165) is 19.3 Å². The first kappa shape index (κ1) is 16.3. The summed E-state index contributed by atoms with van der Waals surface area (Å²) in [4.78, 5) is 0. The summed E-state index contributed by atoms with van der Waals surface area (Å²) in [5, 5.41) is 30.5. The Balaban J connectivity index is 1.40. The van der Waals surface area contributed by atoms with Crippen molar-refractivity contribution in [2.75, 3.05) is 0 Å². The fourth-order valence-electron chi connectivity index (χ4n) is 4.75. The average Bonchev–Trinajstić information content (AvgIpc) is 3.12. The summed E-state index contributed by atoms with van der Waals surface area (Å²) in [6.45, 7) is 0. The van der Waals surface area contributed by atoms with Crippen molar-refractivity contribution in [3.8, 4) is 0 Å². The Kier molecular flexibility index (Phi) is 4.48. The van der Waals surface area contributed by atoms with Gasteiger partial charge >= 0.3 is 0 Å². The van der Waals surface area contributed by atoms with Gasteiger partial charge in [0, 0.05) is 12.3 Å². The molecule has 0 aromatic heterocycles. The predicted octanol–water partition coefficient (Wildman–Crippen LogP) is 1.81. The van der Waals surface area contributed by atoms with Gasteiger partial charge in [-0.1, -0.05) is 36.4 Å². The van der Waals surface area contributed by atoms with Crippen molar-refractivity contribution < 1.29 is 20.1 Å². The van der Waals surface area contributed by atoms with E-state index in [-0.39, 0.29) is 23.9 Å². The molecule has 0 radical (unpaired) electrons. The van der Waals surface area contributed by atoms with Crippen molar-refractivity contribution in [1.29, 1.82) is 0 Å². The quantitative estimate of drug-likeness (QED) is 0.740. The second kappa shape index (κ2) is 6.60. The lowest BCUT2D eigenvalue weighted by Gasteiger charge is -2.31. The minimum atomic E-state index is -0.691. The predicted molar refractivity (Wildman–Crippen MR) is 90.2 cm³/mol. The monoisotopic (exact) mass is 330 g/mol. The van der Waals surface area contributed by atoms with Crippen LogP contribution in [0.25, 0.3) is 0 Å². The lowest BCUT2D eigenvalue weighted by molar-refractivity contribution is -0.177. The molecule has 0 spiro atoms. The second-order valence-corrected chi connectivity index (χ2v) is 7.56. The van der Waals surface area contributed by atoms with Gasteiger partial charge in [0.1, 0.15) is 0 Å². The van der Waals surface area contributed by atoms with E-state index in [1.165, 1.54) is 11.1 Å². The van der Waals surface area contributed by atoms with Crippen molar-refractivity contribution in [2.24, 2.45) is 17.8 Å². The van der Waals surface area contributed by atoms with E-state index in [1.807, 2.05) is 12.2 Å². The first-order chi connectivity index (χ1) is 11.6. The topological polar surface area (TPSA) is 69.9 Å². The van der Waals surface area contributed by atoms with E-state index < -0.39 is 18.5 Å². The number of aliphatic hydroxyl groups excluding tert-OH is 3. The Bertz CT molecular complexity index is 588. The van der Waals surface area contributed by atoms with Gasteiger partial charge in [0.15, 0.2) is 6.29 Å². The lowest BCUT2D eigenvalue weighted by Crippen LogP contribution is -2.33. The molecule has 4 nitrogen and oxygen atoms in total. The molecule has 1 saturated carbocycles. The minimum Gasteiger partial charge on any atom is -0.392 e. The van der Waals surface area contributed by atoms with Crippen molar-refractivity contribution >= 4 is 0 Å². The summed E-state index contributed by atoms with van der Waals surface area (Å²) in [6, 6.07) is 8.38. The van der Waals surface area contributed by atoms with E-state index in [4.69, 9.17) is 4.74 Å². The molecule has 1 aromatic carbocycles. The molecule has 2 fully saturated rings. The highest BCUT2D eigenvalue weighted by atomic mass is 16.6. The lowest BCUT2D eigenvalue weighted by atomic mass is 9.86. The Morgan fingerprint density at radius 3 is 2.50 bits per heavy atom. The fourth-order valence-corrected chi connectivity index (χ4v) is 4.75. The molecule has 2 aliphatic carbocycles. The summed E-state index contributed by atoms with van der Waals surface area (Å²) in [5.74, 6) is 0.478. The summed E-state index contributed by atoms with van der Waals surface area (Å²) < 4.78 is 5.56. The van der Waals surface area contributed by atoms with Crippen LogP contribution in [0.15, 0.2) is 36.4 Å². The van der Waals surface area contributed by atoms with Crippen molar-refractivity contribution in [3.63, 3.8) is 0 Å². The molecular formula is C20H26O4. The average molecular weight is 330 g/mol. The molecule has 6 atom stereocenters. The van der Waals surface area contributed by atoms with Crippen LogP contribution in [0.4, 0.5) is 0 Å². The molecule has 24 heavy (non-hydrogen) atoms. The van der Waals surface area contributed by atoms with Gasteiger partial charge in [-0.25, -0.2) is 0 Å². The van der Waals surface area contributed by atoms with E-state index >= 15 is 0 Å². The van der Waals surface area contributed by atoms with Gasteiger partial charge in [0.2, 0.25) is 0 Å². The van der Waals surface area contributed by atoms with Crippen LogP contribution in [0.2, 0.25) is 0 Å². The molecular weight excluding hydrogens is 304 g/mol. The van der Waals surface area contributed by atoms with Gasteiger partial charge < -0.3 is 20.1 Å². The van der Waals surface area contributed by atoms with Gasteiger partial charge in [-0.3, -0.25) is 0 Å². The Labute approximate surface area is 142 Å². The van der Waals surface area contributed by atoms with Crippen LogP contribution in [0.5, 0.6) is 0 Å². The highest BCUT2D eigenvalue weighted by Gasteiger charge is 2.45. The van der Waals surface area contributed by atoms with Crippen LogP contribution in [0.3, 0.4) is 0 Å². The third-order valence-electron chi connectivity index (χ3n) is 6.06. The Morgan fingerprint density at radius 1 is 1.08 bits per heavy atom. The molecule has 0 bridgehead atoms. The Morgan fingerprint density at radius 2 is 1.79 bits per heavy atom. The molecule has 1 saturated heterocycles. The molecule has 130 valence electrons. The third kappa shape index (κ3) is 3.04. The fraction of sp³-hybridized carbons (Fsp3) is 0.600. The summed E-state index contributed by atoms with van der Waals surface area (Å²) in [5.41, 5.74) is 2.68. The number of benzene rings is 1. The first-order valence-corrected chi connectivity index (χ1v) is 9.06. The zero-order chi connectivity index (χ0) is 16.7. The third-order valence-corrected chi connectivity index (χ3v) is 6.06. The second-order valence-electron chi connectivity index (χ2n) is 7.56. The molecule has 3 N–H and O–H groups in total. The minimum absolute atomic E-state index is 0.0147. The van der Waals surface area contributed by atoms with Gasteiger partial charge in [0.05, 0.1) is 18.3 Å². The highest BCUT2D eigenvalue weighted by molar-refractivity contribution is 5.33. The largest absolute Gasteiger partial charge is 0.392 e. The van der Waals surface area contributed by atoms with E-state index in [9.17, 15) is 15.3 Å². The molecule has 4 rings (SSSR count). The van der Waals surface area contributed by atoms with Crippen LogP contribution in [-0.4, -0.2) is 39.9 Å². The van der Waals surface area contributed by atoms with Crippen molar-refractivity contribution in [2.45, 2.75) is 56.7 Å². The molecule has 1 heterocycles. The molecule has 3 aliphatic rings. The van der Waals surface area contributed by atoms with Crippen molar-refractivity contribution in [1.82, 2.24) is 0 Å². The van der Waals surface area contributed by atoms with Crippen LogP contribution in [0.1, 0.15) is 30.4 Å². The van der Waals surface area contributed by atoms with Gasteiger partial charge in [-0.15, -0.1) is 0 Å². The number of aliphatic hydroxyl groups is 3. The van der Waals surface area contributed by atoms with Gasteiger partial charge in [-0.2, -0.15) is 0 Å². The standard InChI is InChI=1S/C20H26O4/c21-17(14-9-12-3-1-2-4-13(12)10-14)7-5-15-16-6-8-20(23)24-19(16)11-18(15)22/h1-5,7,14-23H,6,8-11H2/t15-,16-,17-,18-,19+,20?/m1/s1. The Hall–Kier alpha value is -1.20. The molecule has 4 heteroatoms. The first-order valence-electron chi connectivity index (χ1n) is 9.06. The number of ether oxygens (including phenoxy) is 1. The van der Waals surface area contributed by atoms with Crippen LogP contribution >= 0.6 is 0 Å². The van der Waals surface area contributed by atoms with Gasteiger partial charge in [0.25, 0.3) is 0 Å². The normalized spacial score (nSPS) is 37.5. The van der Waals surface area contributed by atoms with Crippen LogP contribution in [-0.2, 0) is 17.6 Å². The summed E-state index contributed by atoms with van der Waals surface area (Å²) in [6.07, 6.45) is 6.06. The maximum atomic E-state index is 10.6. The molecule has 1 unspecified atom stereocenters. The zero-order valence-corrected chi connectivity index (χ0v) is 13.8. The maximum absolute atomic E-state index is 10.6. The van der Waals surface area contributed by atoms with Crippen LogP contribution < -0.4 is 0 Å². The number of hydrogen-bond acceptors (Lipinski definition) is 4. The number of rotatable bonds is 3. The van der Waals surface area contributed by atoms with E-state index in [1.54, 1.807) is 0 Å². The highest BCUT2D eigenvalue weighted by Crippen LogP contribution is 2.42. The SMILES string of the molecule is OC1CC[C@@H]2[C@@H](C=C[C@@H](O)C3Cc4ccccc4C3)[C@H](O)C[C@@H]2O1.